The molecule has 2 N–H and O–H groups in total. The van der Waals surface area contributed by atoms with Gasteiger partial charge in [0.25, 0.3) is 11.8 Å². The lowest BCUT2D eigenvalue weighted by molar-refractivity contribution is -0.120. The van der Waals surface area contributed by atoms with E-state index in [-0.39, 0.29) is 17.7 Å². The van der Waals surface area contributed by atoms with Gasteiger partial charge < -0.3 is 0 Å². The molecule has 0 saturated heterocycles. The van der Waals surface area contributed by atoms with Crippen LogP contribution in [0.2, 0.25) is 0 Å². The summed E-state index contributed by atoms with van der Waals surface area (Å²) in [4.78, 5) is 36.9. The van der Waals surface area contributed by atoms with E-state index >= 15 is 0 Å². The minimum atomic E-state index is -2.34. The van der Waals surface area contributed by atoms with Crippen LogP contribution in [0.1, 0.15) is 27.1 Å². The number of carbonyl (C=O) groups is 3. The molecular formula is C17H10F5N3O3. The van der Waals surface area contributed by atoms with Crippen molar-refractivity contribution in [1.29, 1.82) is 0 Å². The maximum Gasteiger partial charge on any atom is 0.261 e. The summed E-state index contributed by atoms with van der Waals surface area (Å²) in [5, 5.41) is 0. The van der Waals surface area contributed by atoms with Gasteiger partial charge in [0.15, 0.2) is 23.3 Å². The maximum absolute atomic E-state index is 13.5. The Morgan fingerprint density at radius 1 is 0.821 bits per heavy atom. The average Bonchev–Trinajstić information content (AvgIpc) is 2.93. The number of nitrogens with zero attached hydrogens (tertiary/aromatic N) is 1. The Morgan fingerprint density at radius 2 is 1.29 bits per heavy atom. The van der Waals surface area contributed by atoms with Crippen molar-refractivity contribution in [1.82, 2.24) is 10.3 Å². The van der Waals surface area contributed by atoms with E-state index in [1.165, 1.54) is 12.1 Å². The van der Waals surface area contributed by atoms with Gasteiger partial charge in [0, 0.05) is 13.0 Å². The molecule has 28 heavy (non-hydrogen) atoms. The van der Waals surface area contributed by atoms with Gasteiger partial charge in [-0.2, -0.15) is 0 Å². The molecule has 3 rings (SSSR count). The number of hydrogen-bond acceptors (Lipinski definition) is 4. The minimum absolute atomic E-state index is 0.174. The van der Waals surface area contributed by atoms with E-state index in [1.807, 2.05) is 0 Å². The van der Waals surface area contributed by atoms with Crippen LogP contribution in [0.15, 0.2) is 24.3 Å². The molecule has 0 unspecified atom stereocenters. The van der Waals surface area contributed by atoms with Crippen molar-refractivity contribution in [2.24, 2.45) is 0 Å². The van der Waals surface area contributed by atoms with Gasteiger partial charge in [-0.1, -0.05) is 12.1 Å². The predicted octanol–water partition coefficient (Wildman–Crippen LogP) is 2.51. The maximum atomic E-state index is 13.5. The van der Waals surface area contributed by atoms with Gasteiger partial charge in [-0.25, -0.2) is 22.0 Å². The summed E-state index contributed by atoms with van der Waals surface area (Å²) in [6.45, 7) is -0.350. The molecule has 1 aliphatic heterocycles. The van der Waals surface area contributed by atoms with Crippen LogP contribution < -0.4 is 10.9 Å². The largest absolute Gasteiger partial charge is 0.293 e. The van der Waals surface area contributed by atoms with E-state index < -0.39 is 58.9 Å². The smallest absolute Gasteiger partial charge is 0.261 e. The molecule has 11 heteroatoms. The van der Waals surface area contributed by atoms with E-state index in [0.29, 0.717) is 0 Å². The summed E-state index contributed by atoms with van der Waals surface area (Å²) in [5.74, 6) is -13.2. The summed E-state index contributed by atoms with van der Waals surface area (Å²) in [7, 11) is 0. The highest BCUT2D eigenvalue weighted by Crippen LogP contribution is 2.26. The van der Waals surface area contributed by atoms with Crippen LogP contribution in [0.5, 0.6) is 0 Å². The van der Waals surface area contributed by atoms with Gasteiger partial charge in [0.1, 0.15) is 5.69 Å². The van der Waals surface area contributed by atoms with Crippen molar-refractivity contribution in [3.63, 3.8) is 0 Å². The van der Waals surface area contributed by atoms with Crippen LogP contribution >= 0.6 is 0 Å². The van der Waals surface area contributed by atoms with E-state index in [1.54, 1.807) is 23.0 Å². The monoisotopic (exact) mass is 399 g/mol. The molecule has 0 aliphatic carbocycles. The van der Waals surface area contributed by atoms with Gasteiger partial charge in [-0.3, -0.25) is 30.1 Å². The number of imide groups is 1. The molecule has 0 saturated carbocycles. The van der Waals surface area contributed by atoms with Crippen LogP contribution in [0.4, 0.5) is 27.6 Å². The first-order valence-corrected chi connectivity index (χ1v) is 7.75. The van der Waals surface area contributed by atoms with Crippen LogP contribution in [0.25, 0.3) is 0 Å². The predicted molar refractivity (Wildman–Crippen MR) is 84.4 cm³/mol. The van der Waals surface area contributed by atoms with Crippen molar-refractivity contribution in [2.75, 3.05) is 12.0 Å². The standard InChI is InChI=1S/C17H10F5N3O3/c18-10-11(19)13(21)15(14(22)12(10)20)24-23-9(26)5-6-25-16(27)7-3-1-2-4-8(7)17(25)28/h1-4,24H,5-6H2,(H,23,26). The van der Waals surface area contributed by atoms with Crippen LogP contribution in [0, 0.1) is 29.1 Å². The van der Waals surface area contributed by atoms with Crippen molar-refractivity contribution in [3.8, 4) is 0 Å². The Balaban J connectivity index is 1.63. The number of rotatable bonds is 5. The molecule has 0 atom stereocenters. The first kappa shape index (κ1) is 19.3. The summed E-state index contributed by atoms with van der Waals surface area (Å²) >= 11 is 0. The van der Waals surface area contributed by atoms with Crippen molar-refractivity contribution in [2.45, 2.75) is 6.42 Å². The van der Waals surface area contributed by atoms with Crippen LogP contribution in [0.3, 0.4) is 0 Å². The Hall–Kier alpha value is -3.50. The second kappa shape index (κ2) is 7.25. The number of nitrogens with one attached hydrogen (secondary N) is 2. The number of amides is 3. The second-order valence-electron chi connectivity index (χ2n) is 5.68. The zero-order valence-electron chi connectivity index (χ0n) is 13.8. The Kier molecular flexibility index (Phi) is 4.99. The topological polar surface area (TPSA) is 78.5 Å². The third-order valence-electron chi connectivity index (χ3n) is 3.98. The van der Waals surface area contributed by atoms with Crippen molar-refractivity contribution >= 4 is 23.4 Å². The highest BCUT2D eigenvalue weighted by Gasteiger charge is 2.35. The lowest BCUT2D eigenvalue weighted by Crippen LogP contribution is -2.36. The quantitative estimate of drug-likeness (QED) is 0.266. The zero-order chi connectivity index (χ0) is 20.6. The fourth-order valence-corrected chi connectivity index (χ4v) is 2.56. The highest BCUT2D eigenvalue weighted by atomic mass is 19.2. The molecule has 2 aromatic carbocycles. The molecule has 146 valence electrons. The third-order valence-corrected chi connectivity index (χ3v) is 3.98. The Bertz CT molecular complexity index is 948. The fourth-order valence-electron chi connectivity index (χ4n) is 2.56. The zero-order valence-corrected chi connectivity index (χ0v) is 13.8. The number of carbonyl (C=O) groups excluding carboxylic acids is 3. The van der Waals surface area contributed by atoms with Gasteiger partial charge in [0.2, 0.25) is 11.7 Å². The molecule has 1 aliphatic rings. The van der Waals surface area contributed by atoms with Crippen molar-refractivity contribution in [3.05, 3.63) is 64.5 Å². The average molecular weight is 399 g/mol. The van der Waals surface area contributed by atoms with E-state index in [0.717, 1.165) is 4.90 Å². The molecule has 0 bridgehead atoms. The lowest BCUT2D eigenvalue weighted by Gasteiger charge is -2.15. The normalized spacial score (nSPS) is 13.0. The summed E-state index contributed by atoms with van der Waals surface area (Å²) < 4.78 is 66.2. The van der Waals surface area contributed by atoms with E-state index in [4.69, 9.17) is 0 Å². The molecule has 0 fully saturated rings. The SMILES string of the molecule is O=C(CCN1C(=O)c2ccccc2C1=O)NNc1c(F)c(F)c(F)c(F)c1F. The molecule has 0 radical (unpaired) electrons. The van der Waals surface area contributed by atoms with E-state index in [9.17, 15) is 36.3 Å². The number of halogens is 5. The van der Waals surface area contributed by atoms with Gasteiger partial charge >= 0.3 is 0 Å². The third kappa shape index (κ3) is 3.15. The Labute approximate surface area is 153 Å². The highest BCUT2D eigenvalue weighted by molar-refractivity contribution is 6.21. The van der Waals surface area contributed by atoms with Crippen LogP contribution in [-0.2, 0) is 4.79 Å². The first-order valence-electron chi connectivity index (χ1n) is 7.75. The second-order valence-corrected chi connectivity index (χ2v) is 5.68. The lowest BCUT2D eigenvalue weighted by atomic mass is 10.1. The minimum Gasteiger partial charge on any atom is -0.293 e. The molecule has 0 spiro atoms. The van der Waals surface area contributed by atoms with Gasteiger partial charge in [0.05, 0.1) is 11.1 Å². The number of benzene rings is 2. The summed E-state index contributed by atoms with van der Waals surface area (Å²) in [5.41, 5.74) is 2.28. The molecule has 6 nitrogen and oxygen atoms in total. The first-order chi connectivity index (χ1) is 13.2. The molecule has 0 aromatic heterocycles. The van der Waals surface area contributed by atoms with Crippen molar-refractivity contribution < 1.29 is 36.3 Å². The van der Waals surface area contributed by atoms with Gasteiger partial charge in [-0.15, -0.1) is 0 Å². The molecule has 1 heterocycles. The molecule has 2 aromatic rings. The number of fused-ring (bicyclic) bond motifs is 1. The summed E-state index contributed by atoms with van der Waals surface area (Å²) in [6, 6.07) is 6.02. The fraction of sp³-hybridized carbons (Fsp3) is 0.118. The van der Waals surface area contributed by atoms with E-state index in [2.05, 4.69) is 0 Å². The number of hydrazine groups is 1. The number of hydrogen-bond donors (Lipinski definition) is 2. The molecule has 3 amide bonds. The molecular weight excluding hydrogens is 389 g/mol. The Morgan fingerprint density at radius 3 is 1.79 bits per heavy atom. The number of anilines is 1. The summed E-state index contributed by atoms with van der Waals surface area (Å²) in [6.07, 6.45) is -0.478. The van der Waals surface area contributed by atoms with Gasteiger partial charge in [-0.05, 0) is 12.1 Å². The van der Waals surface area contributed by atoms with Crippen LogP contribution in [-0.4, -0.2) is 29.2 Å².